The second-order valence-electron chi connectivity index (χ2n) is 7.26. The summed E-state index contributed by atoms with van der Waals surface area (Å²) in [5, 5.41) is 0. The third-order valence-electron chi connectivity index (χ3n) is 5.38. The molecule has 0 aromatic carbocycles. The first-order valence-corrected chi connectivity index (χ1v) is 9.13. The van der Waals surface area contributed by atoms with Crippen LogP contribution in [-0.2, 0) is 12.4 Å². The Kier molecular flexibility index (Phi) is 4.82. The fourth-order valence-electron chi connectivity index (χ4n) is 4.18. The van der Waals surface area contributed by atoms with Gasteiger partial charge in [0.05, 0.1) is 11.1 Å². The molecule has 2 aliphatic heterocycles. The van der Waals surface area contributed by atoms with Crippen molar-refractivity contribution in [3.63, 3.8) is 0 Å². The maximum atomic E-state index is 13.4. The smallest absolute Gasteiger partial charge is 0.419 e. The number of aromatic nitrogens is 2. The number of fused-ring (bicyclic) bond motifs is 2. The molecule has 2 fully saturated rings. The molecule has 0 aliphatic carbocycles. The summed E-state index contributed by atoms with van der Waals surface area (Å²) >= 11 is 0. The number of anilines is 1. The molecule has 0 saturated carbocycles. The second-order valence-corrected chi connectivity index (χ2v) is 7.26. The summed E-state index contributed by atoms with van der Waals surface area (Å²) < 4.78 is 83.8. The van der Waals surface area contributed by atoms with Crippen LogP contribution in [0.15, 0.2) is 36.7 Å². The highest BCUT2D eigenvalue weighted by Gasteiger charge is 2.46. The molecule has 156 valence electrons. The van der Waals surface area contributed by atoms with Gasteiger partial charge in [0.25, 0.3) is 0 Å². The molecular formula is C19H17F6N3O. The van der Waals surface area contributed by atoms with Crippen molar-refractivity contribution in [2.75, 3.05) is 4.90 Å². The molecule has 2 aliphatic rings. The van der Waals surface area contributed by atoms with Crippen LogP contribution >= 0.6 is 0 Å². The normalized spacial score (nSPS) is 24.6. The Labute approximate surface area is 162 Å². The van der Waals surface area contributed by atoms with Gasteiger partial charge in [0.1, 0.15) is 11.9 Å². The minimum atomic E-state index is -4.50. The van der Waals surface area contributed by atoms with Gasteiger partial charge in [-0.3, -0.25) is 0 Å². The molecule has 3 atom stereocenters. The van der Waals surface area contributed by atoms with Gasteiger partial charge >= 0.3 is 12.4 Å². The Morgan fingerprint density at radius 1 is 0.897 bits per heavy atom. The molecule has 4 nitrogen and oxygen atoms in total. The second kappa shape index (κ2) is 7.07. The predicted molar refractivity (Wildman–Crippen MR) is 91.4 cm³/mol. The Hall–Kier alpha value is -2.52. The number of nitrogens with zero attached hydrogens (tertiary/aromatic N) is 3. The molecule has 2 aromatic rings. The van der Waals surface area contributed by atoms with E-state index in [0.29, 0.717) is 31.9 Å². The topological polar surface area (TPSA) is 38.2 Å². The number of alkyl halides is 6. The molecular weight excluding hydrogens is 400 g/mol. The van der Waals surface area contributed by atoms with Crippen molar-refractivity contribution in [1.82, 2.24) is 9.97 Å². The zero-order valence-electron chi connectivity index (χ0n) is 15.0. The molecule has 0 spiro atoms. The van der Waals surface area contributed by atoms with E-state index in [1.165, 1.54) is 12.3 Å². The van der Waals surface area contributed by atoms with Crippen molar-refractivity contribution in [2.24, 2.45) is 0 Å². The number of hydrogen-bond acceptors (Lipinski definition) is 4. The SMILES string of the molecule is FC(F)(F)c1ccc(O[C@@H]2CC3CC[C@@H](C2)N3c2ncccc2C(F)(F)F)nc1. The minimum Gasteiger partial charge on any atom is -0.474 e. The fraction of sp³-hybridized carbons (Fsp3) is 0.474. The van der Waals surface area contributed by atoms with Crippen LogP contribution in [0, 0.1) is 0 Å². The largest absolute Gasteiger partial charge is 0.474 e. The van der Waals surface area contributed by atoms with Crippen molar-refractivity contribution < 1.29 is 31.1 Å². The highest BCUT2D eigenvalue weighted by molar-refractivity contribution is 5.52. The molecule has 2 bridgehead atoms. The van der Waals surface area contributed by atoms with E-state index in [-0.39, 0.29) is 29.9 Å². The Morgan fingerprint density at radius 2 is 1.59 bits per heavy atom. The van der Waals surface area contributed by atoms with Gasteiger partial charge in [0.2, 0.25) is 5.88 Å². The number of piperidine rings is 1. The lowest BCUT2D eigenvalue weighted by atomic mass is 9.99. The number of pyridine rings is 2. The average molecular weight is 417 g/mol. The van der Waals surface area contributed by atoms with E-state index in [2.05, 4.69) is 9.97 Å². The third-order valence-corrected chi connectivity index (χ3v) is 5.38. The summed E-state index contributed by atoms with van der Waals surface area (Å²) in [6.07, 6.45) is -4.93. The lowest BCUT2D eigenvalue weighted by molar-refractivity contribution is -0.138. The molecule has 29 heavy (non-hydrogen) atoms. The van der Waals surface area contributed by atoms with Gasteiger partial charge in [-0.05, 0) is 31.0 Å². The highest BCUT2D eigenvalue weighted by Crippen LogP contribution is 2.44. The van der Waals surface area contributed by atoms with E-state index in [9.17, 15) is 26.3 Å². The first-order valence-electron chi connectivity index (χ1n) is 9.13. The van der Waals surface area contributed by atoms with E-state index in [4.69, 9.17) is 4.74 Å². The summed E-state index contributed by atoms with van der Waals surface area (Å²) in [4.78, 5) is 9.44. The lowest BCUT2D eigenvalue weighted by Gasteiger charge is -2.40. The van der Waals surface area contributed by atoms with Crippen molar-refractivity contribution in [2.45, 2.75) is 56.2 Å². The molecule has 10 heteroatoms. The van der Waals surface area contributed by atoms with Gasteiger partial charge in [-0.15, -0.1) is 0 Å². The molecule has 4 heterocycles. The van der Waals surface area contributed by atoms with Gasteiger partial charge in [-0.2, -0.15) is 26.3 Å². The molecule has 0 N–H and O–H groups in total. The van der Waals surface area contributed by atoms with Crippen molar-refractivity contribution >= 4 is 5.82 Å². The van der Waals surface area contributed by atoms with Crippen LogP contribution < -0.4 is 9.64 Å². The number of halogens is 6. The average Bonchev–Trinajstić information content (AvgIpc) is 2.91. The van der Waals surface area contributed by atoms with Crippen molar-refractivity contribution in [1.29, 1.82) is 0 Å². The van der Waals surface area contributed by atoms with Gasteiger partial charge in [0.15, 0.2) is 0 Å². The Balaban J connectivity index is 1.49. The van der Waals surface area contributed by atoms with E-state index in [1.807, 2.05) is 0 Å². The quantitative estimate of drug-likeness (QED) is 0.652. The predicted octanol–water partition coefficient (Wildman–Crippen LogP) is 5.09. The Morgan fingerprint density at radius 3 is 2.14 bits per heavy atom. The van der Waals surface area contributed by atoms with Crippen LogP contribution in [0.2, 0.25) is 0 Å². The standard InChI is InChI=1S/C19H17F6N3O/c20-18(21,22)11-3-6-16(27-10-11)29-14-8-12-4-5-13(9-14)28(12)17-15(19(23,24)25)2-1-7-26-17/h1-3,6-7,10,12-14H,4-5,8-9H2/t12-,13?,14-/m0/s1. The van der Waals surface area contributed by atoms with E-state index < -0.39 is 23.5 Å². The van der Waals surface area contributed by atoms with Crippen LogP contribution in [0.5, 0.6) is 5.88 Å². The summed E-state index contributed by atoms with van der Waals surface area (Å²) in [5.74, 6) is 0.00303. The molecule has 1 unspecified atom stereocenters. The van der Waals surface area contributed by atoms with Crippen LogP contribution in [0.3, 0.4) is 0 Å². The number of ether oxygens (including phenoxy) is 1. The third kappa shape index (κ3) is 3.97. The zero-order chi connectivity index (χ0) is 20.8. The lowest BCUT2D eigenvalue weighted by Crippen LogP contribution is -2.47. The van der Waals surface area contributed by atoms with Crippen molar-refractivity contribution in [3.05, 3.63) is 47.8 Å². The first-order chi connectivity index (χ1) is 13.6. The maximum absolute atomic E-state index is 13.4. The minimum absolute atomic E-state index is 0.0707. The van der Waals surface area contributed by atoms with Crippen LogP contribution in [0.25, 0.3) is 0 Å². The fourth-order valence-corrected chi connectivity index (χ4v) is 4.18. The zero-order valence-corrected chi connectivity index (χ0v) is 15.0. The monoisotopic (exact) mass is 417 g/mol. The maximum Gasteiger partial charge on any atom is 0.419 e. The first kappa shape index (κ1) is 19.8. The van der Waals surface area contributed by atoms with Crippen LogP contribution in [-0.4, -0.2) is 28.2 Å². The summed E-state index contributed by atoms with van der Waals surface area (Å²) in [6.45, 7) is 0. The Bertz CT molecular complexity index is 853. The summed E-state index contributed by atoms with van der Waals surface area (Å²) in [5.41, 5.74) is -1.63. The van der Waals surface area contributed by atoms with E-state index >= 15 is 0 Å². The highest BCUT2D eigenvalue weighted by atomic mass is 19.4. The van der Waals surface area contributed by atoms with Crippen LogP contribution in [0.4, 0.5) is 32.2 Å². The molecule has 2 saturated heterocycles. The molecule has 0 amide bonds. The van der Waals surface area contributed by atoms with Crippen molar-refractivity contribution in [3.8, 4) is 5.88 Å². The molecule has 2 aromatic heterocycles. The summed E-state index contributed by atoms with van der Waals surface area (Å²) in [6, 6.07) is 4.00. The molecule has 0 radical (unpaired) electrons. The number of hydrogen-bond donors (Lipinski definition) is 0. The van der Waals surface area contributed by atoms with E-state index in [0.717, 1.165) is 18.2 Å². The number of rotatable bonds is 3. The van der Waals surface area contributed by atoms with Gasteiger partial charge in [-0.1, -0.05) is 0 Å². The van der Waals surface area contributed by atoms with Crippen LogP contribution in [0.1, 0.15) is 36.8 Å². The van der Waals surface area contributed by atoms with E-state index in [1.54, 1.807) is 4.90 Å². The summed E-state index contributed by atoms with van der Waals surface area (Å²) in [7, 11) is 0. The van der Waals surface area contributed by atoms with Gasteiger partial charge in [-0.25, -0.2) is 9.97 Å². The van der Waals surface area contributed by atoms with Gasteiger partial charge in [0, 0.05) is 43.4 Å². The van der Waals surface area contributed by atoms with Gasteiger partial charge < -0.3 is 9.64 Å². The molecule has 4 rings (SSSR count).